The van der Waals surface area contributed by atoms with Gasteiger partial charge in [-0.25, -0.2) is 14.5 Å². The molecule has 2 aromatic heterocycles. The molecule has 0 saturated heterocycles. The third kappa shape index (κ3) is 5.23. The first-order chi connectivity index (χ1) is 16.5. The number of ether oxygens (including phenoxy) is 1. The summed E-state index contributed by atoms with van der Waals surface area (Å²) in [7, 11) is 1.30. The third-order valence-electron chi connectivity index (χ3n) is 5.31. The van der Waals surface area contributed by atoms with Crippen LogP contribution >= 0.6 is 15.9 Å². The van der Waals surface area contributed by atoms with Gasteiger partial charge in [0.1, 0.15) is 11.7 Å². The highest BCUT2D eigenvalue weighted by molar-refractivity contribution is 9.10. The number of hydrogen-bond donors (Lipinski definition) is 1. The van der Waals surface area contributed by atoms with Crippen LogP contribution in [0.2, 0.25) is 0 Å². The van der Waals surface area contributed by atoms with E-state index in [1.165, 1.54) is 24.2 Å². The second-order valence-electron chi connectivity index (χ2n) is 7.58. The summed E-state index contributed by atoms with van der Waals surface area (Å²) in [5.41, 5.74) is 2.21. The van der Waals surface area contributed by atoms with Crippen LogP contribution in [0.1, 0.15) is 21.5 Å². The van der Waals surface area contributed by atoms with Crippen molar-refractivity contribution in [1.29, 1.82) is 0 Å². The van der Waals surface area contributed by atoms with Gasteiger partial charge in [0.15, 0.2) is 5.65 Å². The number of halogens is 1. The van der Waals surface area contributed by atoms with Crippen molar-refractivity contribution in [3.05, 3.63) is 92.6 Å². The quantitative estimate of drug-likeness (QED) is 0.355. The molecular formula is C24H22BrN5O4. The van der Waals surface area contributed by atoms with E-state index in [0.29, 0.717) is 41.8 Å². The monoisotopic (exact) mass is 523 g/mol. The Morgan fingerprint density at radius 3 is 2.65 bits per heavy atom. The first-order valence-corrected chi connectivity index (χ1v) is 11.3. The Labute approximate surface area is 203 Å². The fraction of sp³-hybridized carbons (Fsp3) is 0.208. The van der Waals surface area contributed by atoms with Crippen molar-refractivity contribution in [3.63, 3.8) is 0 Å². The van der Waals surface area contributed by atoms with E-state index in [4.69, 9.17) is 4.74 Å². The Kier molecular flexibility index (Phi) is 7.17. The lowest BCUT2D eigenvalue weighted by molar-refractivity contribution is -0.120. The summed E-state index contributed by atoms with van der Waals surface area (Å²) in [5.74, 6) is -0.721. The van der Waals surface area contributed by atoms with Gasteiger partial charge in [0.25, 0.3) is 5.56 Å². The zero-order valence-electron chi connectivity index (χ0n) is 18.4. The average molecular weight is 524 g/mol. The lowest BCUT2D eigenvalue weighted by atomic mass is 10.0. The highest BCUT2D eigenvalue weighted by Crippen LogP contribution is 2.13. The Bertz CT molecular complexity index is 1390. The van der Waals surface area contributed by atoms with Crippen LogP contribution in [0.3, 0.4) is 0 Å². The molecule has 10 heteroatoms. The van der Waals surface area contributed by atoms with Crippen LogP contribution in [0.4, 0.5) is 0 Å². The minimum absolute atomic E-state index is 0.0458. The lowest BCUT2D eigenvalue weighted by Gasteiger charge is -2.09. The zero-order valence-corrected chi connectivity index (χ0v) is 20.0. The van der Waals surface area contributed by atoms with Crippen molar-refractivity contribution >= 4 is 38.8 Å². The molecule has 1 N–H and O–H groups in total. The van der Waals surface area contributed by atoms with Gasteiger partial charge >= 0.3 is 5.97 Å². The Balaban J connectivity index is 1.39. The fourth-order valence-corrected chi connectivity index (χ4v) is 3.84. The summed E-state index contributed by atoms with van der Waals surface area (Å²) in [4.78, 5) is 41.5. The molecule has 0 unspecified atom stereocenters. The summed E-state index contributed by atoms with van der Waals surface area (Å²) in [6.07, 6.45) is 3.05. The number of carbonyl (C=O) groups is 2. The molecular weight excluding hydrogens is 502 g/mol. The first-order valence-electron chi connectivity index (χ1n) is 10.5. The van der Waals surface area contributed by atoms with E-state index in [-0.39, 0.29) is 17.9 Å². The van der Waals surface area contributed by atoms with Crippen molar-refractivity contribution in [3.8, 4) is 0 Å². The van der Waals surface area contributed by atoms with E-state index in [2.05, 4.69) is 31.3 Å². The van der Waals surface area contributed by atoms with Crippen LogP contribution < -0.4 is 10.9 Å². The van der Waals surface area contributed by atoms with Crippen LogP contribution in [-0.2, 0) is 29.0 Å². The van der Waals surface area contributed by atoms with Crippen molar-refractivity contribution in [2.45, 2.75) is 19.5 Å². The minimum atomic E-state index is -0.483. The number of amides is 1. The topological polar surface area (TPSA) is 108 Å². The Morgan fingerprint density at radius 1 is 1.12 bits per heavy atom. The SMILES string of the molecule is COC(=O)c1ccccc1CC(=O)NCCn1ncc2c(=O)n(Cc3ccc(Br)cc3)cnc21. The molecule has 0 aliphatic rings. The summed E-state index contributed by atoms with van der Waals surface area (Å²) >= 11 is 3.40. The van der Waals surface area contributed by atoms with E-state index in [0.717, 1.165) is 10.0 Å². The van der Waals surface area contributed by atoms with Gasteiger partial charge < -0.3 is 10.1 Å². The number of aromatic nitrogens is 4. The normalized spacial score (nSPS) is 10.9. The van der Waals surface area contributed by atoms with Crippen molar-refractivity contribution < 1.29 is 14.3 Å². The number of methoxy groups -OCH3 is 1. The number of hydrogen-bond acceptors (Lipinski definition) is 6. The lowest BCUT2D eigenvalue weighted by Crippen LogP contribution is -2.29. The molecule has 0 radical (unpaired) electrons. The highest BCUT2D eigenvalue weighted by atomic mass is 79.9. The second-order valence-corrected chi connectivity index (χ2v) is 8.50. The molecule has 0 bridgehead atoms. The molecule has 4 aromatic rings. The number of carbonyl (C=O) groups excluding carboxylic acids is 2. The summed E-state index contributed by atoms with van der Waals surface area (Å²) in [5, 5.41) is 7.50. The van der Waals surface area contributed by atoms with Crippen molar-refractivity contribution in [2.24, 2.45) is 0 Å². The highest BCUT2D eigenvalue weighted by Gasteiger charge is 2.14. The van der Waals surface area contributed by atoms with Gasteiger partial charge in [-0.2, -0.15) is 5.10 Å². The number of nitrogens with zero attached hydrogens (tertiary/aromatic N) is 4. The first kappa shape index (κ1) is 23.4. The molecule has 9 nitrogen and oxygen atoms in total. The van der Waals surface area contributed by atoms with E-state index in [9.17, 15) is 14.4 Å². The van der Waals surface area contributed by atoms with Crippen LogP contribution in [0.25, 0.3) is 11.0 Å². The number of rotatable bonds is 8. The van der Waals surface area contributed by atoms with Crippen molar-refractivity contribution in [1.82, 2.24) is 24.6 Å². The zero-order chi connectivity index (χ0) is 24.1. The van der Waals surface area contributed by atoms with Gasteiger partial charge in [-0.3, -0.25) is 14.2 Å². The predicted octanol–water partition coefficient (Wildman–Crippen LogP) is 2.55. The van der Waals surface area contributed by atoms with Gasteiger partial charge in [-0.1, -0.05) is 46.3 Å². The summed E-state index contributed by atoms with van der Waals surface area (Å²) in [6, 6.07) is 14.6. The van der Waals surface area contributed by atoms with Gasteiger partial charge in [-0.15, -0.1) is 0 Å². The Hall–Kier alpha value is -3.79. The molecule has 0 spiro atoms. The minimum Gasteiger partial charge on any atom is -0.465 e. The molecule has 0 aliphatic heterocycles. The third-order valence-corrected chi connectivity index (χ3v) is 5.84. The van der Waals surface area contributed by atoms with Gasteiger partial charge in [0, 0.05) is 11.0 Å². The van der Waals surface area contributed by atoms with Gasteiger partial charge in [0.05, 0.1) is 38.4 Å². The van der Waals surface area contributed by atoms with Crippen LogP contribution in [0.15, 0.2) is 70.3 Å². The van der Waals surface area contributed by atoms with Gasteiger partial charge in [-0.05, 0) is 29.3 Å². The standard InChI is InChI=1S/C24H22BrN5O4/c1-34-24(33)19-5-3-2-4-17(19)12-21(31)26-10-11-30-22-20(13-28-30)23(32)29(15-27-22)14-16-6-8-18(25)9-7-16/h2-9,13,15H,10-12,14H2,1H3,(H,26,31). The molecule has 0 saturated carbocycles. The van der Waals surface area contributed by atoms with E-state index >= 15 is 0 Å². The number of esters is 1. The molecule has 0 fully saturated rings. The van der Waals surface area contributed by atoms with E-state index in [1.807, 2.05) is 24.3 Å². The molecule has 4 rings (SSSR count). The fourth-order valence-electron chi connectivity index (χ4n) is 3.58. The molecule has 2 aromatic carbocycles. The maximum absolute atomic E-state index is 12.9. The molecule has 0 atom stereocenters. The molecule has 1 amide bonds. The van der Waals surface area contributed by atoms with Crippen LogP contribution in [-0.4, -0.2) is 44.9 Å². The molecule has 0 aliphatic carbocycles. The molecule has 34 heavy (non-hydrogen) atoms. The maximum Gasteiger partial charge on any atom is 0.338 e. The van der Waals surface area contributed by atoms with Crippen molar-refractivity contribution in [2.75, 3.05) is 13.7 Å². The van der Waals surface area contributed by atoms with E-state index in [1.54, 1.807) is 28.9 Å². The number of benzene rings is 2. The summed E-state index contributed by atoms with van der Waals surface area (Å²) < 4.78 is 8.86. The number of fused-ring (bicyclic) bond motifs is 1. The smallest absolute Gasteiger partial charge is 0.338 e. The van der Waals surface area contributed by atoms with E-state index < -0.39 is 5.97 Å². The molecule has 174 valence electrons. The Morgan fingerprint density at radius 2 is 1.88 bits per heavy atom. The summed E-state index contributed by atoms with van der Waals surface area (Å²) in [6.45, 7) is 1.04. The maximum atomic E-state index is 12.9. The van der Waals surface area contributed by atoms with Crippen LogP contribution in [0.5, 0.6) is 0 Å². The average Bonchev–Trinajstić information content (AvgIpc) is 3.26. The second kappa shape index (κ2) is 10.4. The van der Waals surface area contributed by atoms with Gasteiger partial charge in [0.2, 0.25) is 5.91 Å². The predicted molar refractivity (Wildman–Crippen MR) is 130 cm³/mol. The molecule has 2 heterocycles. The number of nitrogens with one attached hydrogen (secondary N) is 1. The van der Waals surface area contributed by atoms with Crippen LogP contribution in [0, 0.1) is 0 Å². The largest absolute Gasteiger partial charge is 0.465 e.